The fourth-order valence-electron chi connectivity index (χ4n) is 3.97. The first kappa shape index (κ1) is 23.8. The topological polar surface area (TPSA) is 97.8 Å². The molecule has 0 aliphatic rings. The molecular formula is C27H22N2O5S2. The number of nitrogens with one attached hydrogen (secondary N) is 1. The zero-order chi connectivity index (χ0) is 25.3. The Hall–Kier alpha value is -3.95. The first-order chi connectivity index (χ1) is 17.4. The Bertz CT molecular complexity index is 1700. The summed E-state index contributed by atoms with van der Waals surface area (Å²) in [4.78, 5) is 5.75. The number of benzene rings is 4. The Labute approximate surface area is 212 Å². The molecule has 2 N–H and O–H groups in total. The molecule has 0 radical (unpaired) electrons. The maximum atomic E-state index is 13.5. The number of phenolic OH excluding ortho intramolecular Hbond substituents is 1. The molecule has 0 spiro atoms. The van der Waals surface area contributed by atoms with Crippen molar-refractivity contribution in [3.63, 3.8) is 0 Å². The number of fused-ring (bicyclic) bond motifs is 2. The summed E-state index contributed by atoms with van der Waals surface area (Å²) in [5, 5.41) is 13.2. The summed E-state index contributed by atoms with van der Waals surface area (Å²) in [5.41, 5.74) is 1.12. The van der Waals surface area contributed by atoms with Crippen LogP contribution >= 0.6 is 11.8 Å². The number of aromatic hydroxyl groups is 1. The van der Waals surface area contributed by atoms with E-state index >= 15 is 0 Å². The van der Waals surface area contributed by atoms with E-state index in [9.17, 15) is 13.5 Å². The lowest BCUT2D eigenvalue weighted by Gasteiger charge is -2.17. The van der Waals surface area contributed by atoms with Crippen LogP contribution in [0.15, 0.2) is 99.7 Å². The quantitative estimate of drug-likeness (QED) is 0.253. The van der Waals surface area contributed by atoms with Crippen LogP contribution in [0, 0.1) is 0 Å². The molecule has 0 aliphatic carbocycles. The van der Waals surface area contributed by atoms with Crippen molar-refractivity contribution in [2.24, 2.45) is 0 Å². The fraction of sp³-hybridized carbons (Fsp3) is 0.0741. The number of rotatable bonds is 7. The molecule has 0 aliphatic heterocycles. The normalized spacial score (nSPS) is 11.5. The van der Waals surface area contributed by atoms with E-state index in [0.29, 0.717) is 27.1 Å². The summed E-state index contributed by atoms with van der Waals surface area (Å²) in [5.74, 6) is 0.625. The maximum absolute atomic E-state index is 13.5. The van der Waals surface area contributed by atoms with Gasteiger partial charge in [0.05, 0.1) is 30.3 Å². The van der Waals surface area contributed by atoms with E-state index in [0.717, 1.165) is 15.8 Å². The molecule has 0 unspecified atom stereocenters. The molecule has 36 heavy (non-hydrogen) atoms. The van der Waals surface area contributed by atoms with E-state index in [2.05, 4.69) is 9.71 Å². The lowest BCUT2D eigenvalue weighted by molar-refractivity contribution is 0.392. The zero-order valence-corrected chi connectivity index (χ0v) is 21.1. The highest BCUT2D eigenvalue weighted by Crippen LogP contribution is 2.44. The molecule has 0 bridgehead atoms. The van der Waals surface area contributed by atoms with Crippen LogP contribution in [0.1, 0.15) is 0 Å². The first-order valence-electron chi connectivity index (χ1n) is 10.9. The van der Waals surface area contributed by atoms with Crippen LogP contribution in [-0.4, -0.2) is 32.7 Å². The van der Waals surface area contributed by atoms with Gasteiger partial charge in [-0.2, -0.15) is 0 Å². The van der Waals surface area contributed by atoms with Gasteiger partial charge in [0, 0.05) is 33.3 Å². The Morgan fingerprint density at radius 1 is 0.861 bits per heavy atom. The number of para-hydroxylation sites is 1. The molecule has 182 valence electrons. The lowest BCUT2D eigenvalue weighted by atomic mass is 10.1. The molecule has 0 amide bonds. The molecule has 5 rings (SSSR count). The van der Waals surface area contributed by atoms with Crippen LogP contribution in [0.2, 0.25) is 0 Å². The van der Waals surface area contributed by atoms with Crippen molar-refractivity contribution >= 4 is 49.1 Å². The van der Waals surface area contributed by atoms with E-state index in [1.165, 1.54) is 38.1 Å². The number of pyridine rings is 1. The summed E-state index contributed by atoms with van der Waals surface area (Å²) >= 11 is 1.32. The van der Waals surface area contributed by atoms with Crippen LogP contribution in [0.5, 0.6) is 17.2 Å². The molecule has 1 heterocycles. The van der Waals surface area contributed by atoms with Crippen LogP contribution < -0.4 is 14.2 Å². The van der Waals surface area contributed by atoms with Crippen molar-refractivity contribution in [1.82, 2.24) is 4.98 Å². The standard InChI is InChI=1S/C27H22N2O5S2/c1-33-18-12-13-22(34-2)25(15-18)36(31,32)29-21-16-24(27(30)20-10-4-3-9-19(20)21)35-23-11-5-7-17-8-6-14-28-26(17)23/h3-16,29-30H,1-2H3. The van der Waals surface area contributed by atoms with Gasteiger partial charge >= 0.3 is 0 Å². The highest BCUT2D eigenvalue weighted by Gasteiger charge is 2.23. The maximum Gasteiger partial charge on any atom is 0.265 e. The SMILES string of the molecule is COc1ccc(OC)c(S(=O)(=O)Nc2cc(Sc3cccc4cccnc34)c(O)c3ccccc23)c1. The van der Waals surface area contributed by atoms with Gasteiger partial charge in [0.25, 0.3) is 10.0 Å². The van der Waals surface area contributed by atoms with E-state index in [1.54, 1.807) is 42.6 Å². The van der Waals surface area contributed by atoms with Crippen molar-refractivity contribution < 1.29 is 23.0 Å². The van der Waals surface area contributed by atoms with Gasteiger partial charge in [0.1, 0.15) is 22.1 Å². The van der Waals surface area contributed by atoms with Gasteiger partial charge in [-0.25, -0.2) is 8.42 Å². The Kier molecular flexibility index (Phi) is 6.34. The minimum Gasteiger partial charge on any atom is -0.506 e. The highest BCUT2D eigenvalue weighted by atomic mass is 32.2. The third kappa shape index (κ3) is 4.38. The molecule has 7 nitrogen and oxygen atoms in total. The third-order valence-electron chi connectivity index (χ3n) is 5.70. The monoisotopic (exact) mass is 518 g/mol. The second-order valence-electron chi connectivity index (χ2n) is 7.87. The number of methoxy groups -OCH3 is 2. The van der Waals surface area contributed by atoms with Crippen molar-refractivity contribution in [1.29, 1.82) is 0 Å². The Morgan fingerprint density at radius 2 is 1.64 bits per heavy atom. The minimum absolute atomic E-state index is 0.0606. The Balaban J connectivity index is 1.63. The number of ether oxygens (including phenoxy) is 2. The summed E-state index contributed by atoms with van der Waals surface area (Å²) < 4.78 is 40.2. The number of nitrogens with zero attached hydrogens (tertiary/aromatic N) is 1. The molecule has 1 aromatic heterocycles. The average Bonchev–Trinajstić information content (AvgIpc) is 2.91. The van der Waals surface area contributed by atoms with Crippen molar-refractivity contribution in [2.45, 2.75) is 14.7 Å². The second-order valence-corrected chi connectivity index (χ2v) is 10.6. The van der Waals surface area contributed by atoms with Gasteiger partial charge in [0.15, 0.2) is 0 Å². The van der Waals surface area contributed by atoms with Gasteiger partial charge < -0.3 is 14.6 Å². The second kappa shape index (κ2) is 9.60. The number of anilines is 1. The molecule has 4 aromatic carbocycles. The van der Waals surface area contributed by atoms with Gasteiger partial charge in [-0.15, -0.1) is 0 Å². The number of hydrogen-bond acceptors (Lipinski definition) is 7. The summed E-state index contributed by atoms with van der Waals surface area (Å²) in [6.07, 6.45) is 1.72. The highest BCUT2D eigenvalue weighted by molar-refractivity contribution is 7.99. The van der Waals surface area contributed by atoms with Crippen LogP contribution in [0.4, 0.5) is 5.69 Å². The summed E-state index contributed by atoms with van der Waals surface area (Å²) in [6, 6.07) is 22.9. The fourth-order valence-corrected chi connectivity index (χ4v) is 6.26. The molecule has 0 saturated heterocycles. The molecule has 0 atom stereocenters. The summed E-state index contributed by atoms with van der Waals surface area (Å²) in [6.45, 7) is 0. The molecule has 5 aromatic rings. The predicted molar refractivity (Wildman–Crippen MR) is 142 cm³/mol. The van der Waals surface area contributed by atoms with E-state index in [1.807, 2.05) is 30.3 Å². The summed E-state index contributed by atoms with van der Waals surface area (Å²) in [7, 11) is -1.21. The van der Waals surface area contributed by atoms with Crippen LogP contribution in [0.25, 0.3) is 21.7 Å². The van der Waals surface area contributed by atoms with Gasteiger partial charge in [-0.05, 0) is 30.3 Å². The van der Waals surface area contributed by atoms with Crippen molar-refractivity contribution in [3.8, 4) is 17.2 Å². The number of phenols is 1. The predicted octanol–water partition coefficient (Wildman–Crippen LogP) is 6.06. The smallest absolute Gasteiger partial charge is 0.265 e. The first-order valence-corrected chi connectivity index (χ1v) is 13.2. The van der Waals surface area contributed by atoms with Gasteiger partial charge in [-0.3, -0.25) is 9.71 Å². The van der Waals surface area contributed by atoms with Crippen molar-refractivity contribution in [2.75, 3.05) is 18.9 Å². The average molecular weight is 519 g/mol. The number of sulfonamides is 1. The minimum atomic E-state index is -4.08. The molecule has 0 saturated carbocycles. The zero-order valence-electron chi connectivity index (χ0n) is 19.4. The van der Waals surface area contributed by atoms with E-state index < -0.39 is 10.0 Å². The third-order valence-corrected chi connectivity index (χ3v) is 8.17. The van der Waals surface area contributed by atoms with Crippen molar-refractivity contribution in [3.05, 3.63) is 85.1 Å². The number of hydrogen-bond donors (Lipinski definition) is 2. The van der Waals surface area contributed by atoms with E-state index in [-0.39, 0.29) is 16.4 Å². The largest absolute Gasteiger partial charge is 0.506 e. The van der Waals surface area contributed by atoms with Gasteiger partial charge in [0.2, 0.25) is 0 Å². The van der Waals surface area contributed by atoms with Crippen LogP contribution in [0.3, 0.4) is 0 Å². The number of aromatic nitrogens is 1. The molecule has 0 fully saturated rings. The molecule has 9 heteroatoms. The lowest BCUT2D eigenvalue weighted by Crippen LogP contribution is -2.14. The molecular weight excluding hydrogens is 496 g/mol. The van der Waals surface area contributed by atoms with Gasteiger partial charge in [-0.1, -0.05) is 54.2 Å². The van der Waals surface area contributed by atoms with Crippen LogP contribution in [-0.2, 0) is 10.0 Å². The van der Waals surface area contributed by atoms with E-state index in [4.69, 9.17) is 9.47 Å². The Morgan fingerprint density at radius 3 is 2.42 bits per heavy atom.